The summed E-state index contributed by atoms with van der Waals surface area (Å²) < 4.78 is 37.6. The average molecular weight is 461 g/mol. The van der Waals surface area contributed by atoms with Crippen LogP contribution in [0.1, 0.15) is 20.8 Å². The van der Waals surface area contributed by atoms with E-state index in [9.17, 15) is 13.2 Å². The summed E-state index contributed by atoms with van der Waals surface area (Å²) in [7, 11) is 0.756. The molecule has 7 nitrogen and oxygen atoms in total. The molecule has 0 atom stereocenters. The summed E-state index contributed by atoms with van der Waals surface area (Å²) in [6.45, 7) is 2.14. The SMILES string of the molecule is COc1ccc(CNC(=O)c2sccc2N(C)S(=O)(=O)c2ccc(C)cc2)cc1OC. The summed E-state index contributed by atoms with van der Waals surface area (Å²) in [6, 6.07) is 13.6. The van der Waals surface area contributed by atoms with Gasteiger partial charge in [0.1, 0.15) is 4.88 Å². The number of aryl methyl sites for hydroxylation is 1. The van der Waals surface area contributed by atoms with Crippen molar-refractivity contribution in [3.05, 3.63) is 69.9 Å². The Bertz CT molecular complexity index is 1170. The monoisotopic (exact) mass is 460 g/mol. The lowest BCUT2D eigenvalue weighted by Crippen LogP contribution is -2.29. The molecule has 3 rings (SSSR count). The van der Waals surface area contributed by atoms with E-state index in [1.54, 1.807) is 62.1 Å². The number of anilines is 1. The van der Waals surface area contributed by atoms with Crippen molar-refractivity contribution < 1.29 is 22.7 Å². The average Bonchev–Trinajstić information content (AvgIpc) is 3.26. The minimum atomic E-state index is -3.79. The minimum Gasteiger partial charge on any atom is -0.493 e. The van der Waals surface area contributed by atoms with Crippen LogP contribution in [0.2, 0.25) is 0 Å². The van der Waals surface area contributed by atoms with Gasteiger partial charge in [-0.15, -0.1) is 11.3 Å². The second-order valence-electron chi connectivity index (χ2n) is 6.79. The van der Waals surface area contributed by atoms with Crippen molar-refractivity contribution in [2.45, 2.75) is 18.4 Å². The topological polar surface area (TPSA) is 84.9 Å². The van der Waals surface area contributed by atoms with E-state index in [1.165, 1.54) is 18.4 Å². The number of methoxy groups -OCH3 is 2. The Morgan fingerprint density at radius 3 is 2.35 bits per heavy atom. The molecule has 2 aromatic carbocycles. The van der Waals surface area contributed by atoms with Crippen LogP contribution in [0, 0.1) is 6.92 Å². The van der Waals surface area contributed by atoms with Gasteiger partial charge in [-0.3, -0.25) is 9.10 Å². The van der Waals surface area contributed by atoms with E-state index in [-0.39, 0.29) is 17.3 Å². The Labute approximate surface area is 186 Å². The number of hydrogen-bond donors (Lipinski definition) is 1. The number of nitrogens with one attached hydrogen (secondary N) is 1. The fourth-order valence-electron chi connectivity index (χ4n) is 2.97. The molecule has 1 amide bonds. The van der Waals surface area contributed by atoms with Crippen LogP contribution in [0.5, 0.6) is 11.5 Å². The molecule has 0 saturated carbocycles. The summed E-state index contributed by atoms with van der Waals surface area (Å²) in [5.74, 6) is 0.807. The number of rotatable bonds is 8. The van der Waals surface area contributed by atoms with Crippen LogP contribution in [0.3, 0.4) is 0 Å². The fraction of sp³-hybridized carbons (Fsp3) is 0.227. The predicted octanol–water partition coefficient (Wildman–Crippen LogP) is 3.83. The van der Waals surface area contributed by atoms with Crippen molar-refractivity contribution in [2.24, 2.45) is 0 Å². The number of ether oxygens (including phenoxy) is 2. The molecule has 9 heteroatoms. The van der Waals surface area contributed by atoms with E-state index in [1.807, 2.05) is 13.0 Å². The largest absolute Gasteiger partial charge is 0.493 e. The molecule has 0 radical (unpaired) electrons. The van der Waals surface area contributed by atoms with Gasteiger partial charge in [0.25, 0.3) is 15.9 Å². The molecule has 0 fully saturated rings. The van der Waals surface area contributed by atoms with Crippen LogP contribution in [-0.4, -0.2) is 35.6 Å². The molecule has 1 heterocycles. The molecule has 3 aromatic rings. The lowest BCUT2D eigenvalue weighted by Gasteiger charge is -2.20. The van der Waals surface area contributed by atoms with Gasteiger partial charge in [0.2, 0.25) is 0 Å². The predicted molar refractivity (Wildman–Crippen MR) is 122 cm³/mol. The van der Waals surface area contributed by atoms with E-state index in [2.05, 4.69) is 5.32 Å². The van der Waals surface area contributed by atoms with Crippen LogP contribution in [0.25, 0.3) is 0 Å². The first-order valence-electron chi connectivity index (χ1n) is 9.40. The van der Waals surface area contributed by atoms with Crippen LogP contribution >= 0.6 is 11.3 Å². The second kappa shape index (κ2) is 9.40. The highest BCUT2D eigenvalue weighted by Crippen LogP contribution is 2.30. The third kappa shape index (κ3) is 4.83. The summed E-state index contributed by atoms with van der Waals surface area (Å²) in [4.78, 5) is 13.3. The molecule has 0 unspecified atom stereocenters. The maximum absolute atomic E-state index is 13.0. The third-order valence-corrected chi connectivity index (χ3v) is 7.46. The summed E-state index contributed by atoms with van der Waals surface area (Å²) >= 11 is 1.19. The normalized spacial score (nSPS) is 11.1. The number of hydrogen-bond acceptors (Lipinski definition) is 6. The summed E-state index contributed by atoms with van der Waals surface area (Å²) in [5.41, 5.74) is 2.12. The molecule has 0 aliphatic carbocycles. The Hall–Kier alpha value is -3.04. The van der Waals surface area contributed by atoms with E-state index in [4.69, 9.17) is 9.47 Å². The molecule has 1 N–H and O–H groups in total. The zero-order chi connectivity index (χ0) is 22.6. The number of nitrogens with zero attached hydrogens (tertiary/aromatic N) is 1. The molecule has 164 valence electrons. The van der Waals surface area contributed by atoms with Gasteiger partial charge in [-0.05, 0) is 48.2 Å². The molecule has 1 aromatic heterocycles. The molecule has 0 saturated heterocycles. The molecular formula is C22H24N2O5S2. The number of benzene rings is 2. The number of carbonyl (C=O) groups excluding carboxylic acids is 1. The van der Waals surface area contributed by atoms with Crippen molar-refractivity contribution in [1.29, 1.82) is 0 Å². The van der Waals surface area contributed by atoms with Gasteiger partial charge < -0.3 is 14.8 Å². The van der Waals surface area contributed by atoms with Gasteiger partial charge in [0.05, 0.1) is 24.8 Å². The van der Waals surface area contributed by atoms with Crippen LogP contribution in [0.4, 0.5) is 5.69 Å². The van der Waals surface area contributed by atoms with Crippen molar-refractivity contribution >= 4 is 33.0 Å². The quantitative estimate of drug-likeness (QED) is 0.552. The van der Waals surface area contributed by atoms with Crippen LogP contribution < -0.4 is 19.1 Å². The van der Waals surface area contributed by atoms with Gasteiger partial charge in [-0.1, -0.05) is 23.8 Å². The Balaban J connectivity index is 1.78. The zero-order valence-electron chi connectivity index (χ0n) is 17.7. The summed E-state index contributed by atoms with van der Waals surface area (Å²) in [6.07, 6.45) is 0. The summed E-state index contributed by atoms with van der Waals surface area (Å²) in [5, 5.41) is 4.53. The first-order valence-corrected chi connectivity index (χ1v) is 11.7. The smallest absolute Gasteiger partial charge is 0.264 e. The van der Waals surface area contributed by atoms with E-state index >= 15 is 0 Å². The van der Waals surface area contributed by atoms with Gasteiger partial charge in [-0.2, -0.15) is 0 Å². The van der Waals surface area contributed by atoms with Crippen LogP contribution in [-0.2, 0) is 16.6 Å². The second-order valence-corrected chi connectivity index (χ2v) is 9.68. The van der Waals surface area contributed by atoms with Crippen molar-refractivity contribution in [3.8, 4) is 11.5 Å². The molecule has 0 spiro atoms. The van der Waals surface area contributed by atoms with Crippen molar-refractivity contribution in [2.75, 3.05) is 25.6 Å². The van der Waals surface area contributed by atoms with Crippen LogP contribution in [0.15, 0.2) is 58.8 Å². The van der Waals surface area contributed by atoms with Gasteiger partial charge in [0, 0.05) is 13.6 Å². The van der Waals surface area contributed by atoms with Crippen molar-refractivity contribution in [1.82, 2.24) is 5.32 Å². The maximum atomic E-state index is 13.0. The highest BCUT2D eigenvalue weighted by atomic mass is 32.2. The first kappa shape index (κ1) is 22.6. The number of sulfonamides is 1. The number of carbonyl (C=O) groups is 1. The number of thiophene rings is 1. The fourth-order valence-corrected chi connectivity index (χ4v) is 5.07. The molecule has 0 aliphatic rings. The standard InChI is InChI=1S/C22H24N2O5S2/c1-15-5-8-17(9-6-15)31(26,27)24(2)18-11-12-30-21(18)22(25)23-14-16-7-10-19(28-3)20(13-16)29-4/h5-13H,14H2,1-4H3,(H,23,25). The van der Waals surface area contributed by atoms with Gasteiger partial charge in [0.15, 0.2) is 11.5 Å². The highest BCUT2D eigenvalue weighted by Gasteiger charge is 2.26. The highest BCUT2D eigenvalue weighted by molar-refractivity contribution is 7.92. The Morgan fingerprint density at radius 1 is 1.03 bits per heavy atom. The molecule has 31 heavy (non-hydrogen) atoms. The van der Waals surface area contributed by atoms with E-state index in [0.29, 0.717) is 22.1 Å². The molecular weight excluding hydrogens is 436 g/mol. The lowest BCUT2D eigenvalue weighted by molar-refractivity contribution is 0.0955. The maximum Gasteiger partial charge on any atom is 0.264 e. The minimum absolute atomic E-state index is 0.170. The van der Waals surface area contributed by atoms with Crippen molar-refractivity contribution in [3.63, 3.8) is 0 Å². The lowest BCUT2D eigenvalue weighted by atomic mass is 10.2. The zero-order valence-corrected chi connectivity index (χ0v) is 19.3. The van der Waals surface area contributed by atoms with E-state index in [0.717, 1.165) is 15.4 Å². The van der Waals surface area contributed by atoms with E-state index < -0.39 is 10.0 Å². The molecule has 0 aliphatic heterocycles. The Kier molecular flexibility index (Phi) is 6.87. The Morgan fingerprint density at radius 2 is 1.71 bits per heavy atom. The first-order chi connectivity index (χ1) is 14.8. The number of amides is 1. The van der Waals surface area contributed by atoms with Gasteiger partial charge in [-0.25, -0.2) is 8.42 Å². The molecule has 0 bridgehead atoms. The third-order valence-electron chi connectivity index (χ3n) is 4.77. The van der Waals surface area contributed by atoms with Gasteiger partial charge >= 0.3 is 0 Å².